The molecule has 3 heteroatoms. The summed E-state index contributed by atoms with van der Waals surface area (Å²) in [6.07, 6.45) is 10.1. The van der Waals surface area contributed by atoms with Crippen LogP contribution < -0.4 is 0 Å². The molecule has 0 fully saturated rings. The van der Waals surface area contributed by atoms with Crippen LogP contribution >= 0.6 is 0 Å². The Labute approximate surface area is 110 Å². The Bertz CT molecular complexity index is 303. The van der Waals surface area contributed by atoms with Crippen LogP contribution in [0.1, 0.15) is 52.4 Å². The van der Waals surface area contributed by atoms with Crippen LogP contribution in [0.15, 0.2) is 24.3 Å². The number of ether oxygens (including phenoxy) is 1. The molecule has 0 atom stereocenters. The van der Waals surface area contributed by atoms with Crippen LogP contribution in [0, 0.1) is 0 Å². The van der Waals surface area contributed by atoms with E-state index in [9.17, 15) is 9.59 Å². The molecule has 0 aromatic rings. The van der Waals surface area contributed by atoms with Gasteiger partial charge in [-0.25, -0.2) is 0 Å². The van der Waals surface area contributed by atoms with Crippen LogP contribution in [0.4, 0.5) is 0 Å². The zero-order valence-corrected chi connectivity index (χ0v) is 11.5. The van der Waals surface area contributed by atoms with E-state index in [1.807, 2.05) is 0 Å². The lowest BCUT2D eigenvalue weighted by atomic mass is 10.1. The maximum absolute atomic E-state index is 11.1. The Hall–Kier alpha value is -1.38. The van der Waals surface area contributed by atoms with Crippen LogP contribution in [-0.4, -0.2) is 18.4 Å². The van der Waals surface area contributed by atoms with Crippen LogP contribution in [0.3, 0.4) is 0 Å². The van der Waals surface area contributed by atoms with Crippen LogP contribution in [0.2, 0.25) is 0 Å². The van der Waals surface area contributed by atoms with Gasteiger partial charge in [-0.2, -0.15) is 0 Å². The van der Waals surface area contributed by atoms with Crippen molar-refractivity contribution in [3.05, 3.63) is 24.3 Å². The predicted molar refractivity (Wildman–Crippen MR) is 73.3 cm³/mol. The standard InChI is InChI=1S/C10H16O.C5H8O2/c1-2-3-4-6-9-7-5-8-10(9)11;1-3-4-7-5(2)6/h7H,2-6,8H2,1H3;3H,1,4H2,2H3. The molecule has 0 saturated carbocycles. The molecule has 1 rings (SSSR count). The molecule has 0 bridgehead atoms. The van der Waals surface area contributed by atoms with E-state index in [2.05, 4.69) is 24.3 Å². The summed E-state index contributed by atoms with van der Waals surface area (Å²) < 4.78 is 4.43. The fraction of sp³-hybridized carbons (Fsp3) is 0.600. The second-order valence-corrected chi connectivity index (χ2v) is 4.24. The van der Waals surface area contributed by atoms with Crippen molar-refractivity contribution in [2.75, 3.05) is 6.61 Å². The second-order valence-electron chi connectivity index (χ2n) is 4.24. The molecule has 0 aromatic heterocycles. The number of rotatable bonds is 6. The predicted octanol–water partition coefficient (Wildman–Crippen LogP) is 3.59. The summed E-state index contributed by atoms with van der Waals surface area (Å²) >= 11 is 0. The molecule has 0 heterocycles. The summed E-state index contributed by atoms with van der Waals surface area (Å²) in [4.78, 5) is 21.0. The van der Waals surface area contributed by atoms with E-state index in [4.69, 9.17) is 0 Å². The van der Waals surface area contributed by atoms with Gasteiger partial charge >= 0.3 is 5.97 Å². The minimum Gasteiger partial charge on any atom is -0.462 e. The molecule has 0 amide bonds. The molecule has 0 aromatic carbocycles. The highest BCUT2D eigenvalue weighted by atomic mass is 16.5. The van der Waals surface area contributed by atoms with Crippen LogP contribution in [0.5, 0.6) is 0 Å². The first-order chi connectivity index (χ1) is 8.61. The van der Waals surface area contributed by atoms with Gasteiger partial charge in [0.25, 0.3) is 0 Å². The first kappa shape index (κ1) is 16.6. The minimum atomic E-state index is -0.264. The number of carbonyl (C=O) groups is 2. The first-order valence-electron chi connectivity index (χ1n) is 6.58. The smallest absolute Gasteiger partial charge is 0.302 e. The normalized spacial score (nSPS) is 13.4. The summed E-state index contributed by atoms with van der Waals surface area (Å²) in [6, 6.07) is 0. The minimum absolute atomic E-state index is 0.264. The molecule has 0 saturated heterocycles. The highest BCUT2D eigenvalue weighted by molar-refractivity contribution is 5.97. The maximum Gasteiger partial charge on any atom is 0.302 e. The molecule has 0 spiro atoms. The topological polar surface area (TPSA) is 43.4 Å². The van der Waals surface area contributed by atoms with Crippen molar-refractivity contribution in [2.24, 2.45) is 0 Å². The van der Waals surface area contributed by atoms with E-state index >= 15 is 0 Å². The summed E-state index contributed by atoms with van der Waals surface area (Å²) in [5.74, 6) is 0.126. The van der Waals surface area contributed by atoms with Gasteiger partial charge in [-0.05, 0) is 24.8 Å². The molecule has 0 unspecified atom stereocenters. The van der Waals surface area contributed by atoms with Gasteiger partial charge in [-0.15, -0.1) is 0 Å². The lowest BCUT2D eigenvalue weighted by molar-refractivity contribution is -0.139. The number of allylic oxidation sites excluding steroid dienone is 2. The molecule has 1 aliphatic rings. The molecule has 0 radical (unpaired) electrons. The third-order valence-electron chi connectivity index (χ3n) is 2.57. The van der Waals surface area contributed by atoms with Gasteiger partial charge in [0.2, 0.25) is 0 Å². The Morgan fingerprint density at radius 2 is 2.22 bits per heavy atom. The number of esters is 1. The third-order valence-corrected chi connectivity index (χ3v) is 2.57. The van der Waals surface area contributed by atoms with Gasteiger partial charge in [0.05, 0.1) is 0 Å². The summed E-state index contributed by atoms with van der Waals surface area (Å²) in [7, 11) is 0. The molecule has 1 aliphatic carbocycles. The Morgan fingerprint density at radius 1 is 1.50 bits per heavy atom. The zero-order valence-electron chi connectivity index (χ0n) is 11.5. The Balaban J connectivity index is 0.000000360. The average Bonchev–Trinajstić information content (AvgIpc) is 2.74. The van der Waals surface area contributed by atoms with Crippen molar-refractivity contribution in [1.82, 2.24) is 0 Å². The van der Waals surface area contributed by atoms with Crippen molar-refractivity contribution in [3.8, 4) is 0 Å². The number of Topliss-reactive ketones (excluding diaryl/α,β-unsaturated/α-hetero) is 1. The molecule has 102 valence electrons. The second kappa shape index (κ2) is 10.8. The van der Waals surface area contributed by atoms with E-state index < -0.39 is 0 Å². The monoisotopic (exact) mass is 252 g/mol. The van der Waals surface area contributed by atoms with E-state index in [1.54, 1.807) is 0 Å². The molecule has 18 heavy (non-hydrogen) atoms. The van der Waals surface area contributed by atoms with Gasteiger partial charge in [0, 0.05) is 13.3 Å². The van der Waals surface area contributed by atoms with E-state index in [0.717, 1.165) is 24.8 Å². The quantitative estimate of drug-likeness (QED) is 0.412. The number of carbonyl (C=O) groups excluding carboxylic acids is 2. The van der Waals surface area contributed by atoms with Crippen LogP contribution in [-0.2, 0) is 14.3 Å². The highest BCUT2D eigenvalue weighted by Crippen LogP contribution is 2.19. The van der Waals surface area contributed by atoms with E-state index in [0.29, 0.717) is 12.4 Å². The fourth-order valence-electron chi connectivity index (χ4n) is 1.64. The van der Waals surface area contributed by atoms with Gasteiger partial charge in [0.15, 0.2) is 5.78 Å². The lowest BCUT2D eigenvalue weighted by Crippen LogP contribution is -1.96. The Morgan fingerprint density at radius 3 is 2.61 bits per heavy atom. The molecular weight excluding hydrogens is 228 g/mol. The van der Waals surface area contributed by atoms with Crippen molar-refractivity contribution in [3.63, 3.8) is 0 Å². The molecular formula is C15H24O3. The number of unbranched alkanes of at least 4 members (excludes halogenated alkanes) is 2. The SMILES string of the molecule is C=CCOC(C)=O.CCCCCC1=CCCC1=O. The number of hydrogen-bond acceptors (Lipinski definition) is 3. The van der Waals surface area contributed by atoms with Crippen molar-refractivity contribution >= 4 is 11.8 Å². The van der Waals surface area contributed by atoms with Gasteiger partial charge in [-0.3, -0.25) is 9.59 Å². The maximum atomic E-state index is 11.1. The van der Waals surface area contributed by atoms with Gasteiger partial charge in [-0.1, -0.05) is 38.5 Å². The first-order valence-corrected chi connectivity index (χ1v) is 6.58. The summed E-state index contributed by atoms with van der Waals surface area (Å²) in [5.41, 5.74) is 1.10. The fourth-order valence-corrected chi connectivity index (χ4v) is 1.64. The van der Waals surface area contributed by atoms with Crippen LogP contribution in [0.25, 0.3) is 0 Å². The average molecular weight is 252 g/mol. The van der Waals surface area contributed by atoms with Gasteiger partial charge < -0.3 is 4.74 Å². The summed E-state index contributed by atoms with van der Waals surface area (Å²) in [5, 5.41) is 0. The molecule has 0 N–H and O–H groups in total. The molecule has 3 nitrogen and oxygen atoms in total. The van der Waals surface area contributed by atoms with E-state index in [-0.39, 0.29) is 5.97 Å². The van der Waals surface area contributed by atoms with Crippen molar-refractivity contribution < 1.29 is 14.3 Å². The van der Waals surface area contributed by atoms with E-state index in [1.165, 1.54) is 32.3 Å². The zero-order chi connectivity index (χ0) is 13.8. The lowest BCUT2D eigenvalue weighted by Gasteiger charge is -1.98. The summed E-state index contributed by atoms with van der Waals surface area (Å²) in [6.45, 7) is 7.22. The Kier molecular flexibility index (Phi) is 9.93. The van der Waals surface area contributed by atoms with Crippen molar-refractivity contribution in [1.29, 1.82) is 0 Å². The molecule has 0 aliphatic heterocycles. The van der Waals surface area contributed by atoms with Crippen molar-refractivity contribution in [2.45, 2.75) is 52.4 Å². The highest BCUT2D eigenvalue weighted by Gasteiger charge is 2.13. The number of hydrogen-bond donors (Lipinski definition) is 0. The van der Waals surface area contributed by atoms with Gasteiger partial charge in [0.1, 0.15) is 6.61 Å². The largest absolute Gasteiger partial charge is 0.462 e. The third kappa shape index (κ3) is 8.74. The number of ketones is 1.